The first-order chi connectivity index (χ1) is 13.7. The molecule has 0 saturated heterocycles. The molecule has 2 heterocycles. The monoisotopic (exact) mass is 425 g/mol. The van der Waals surface area contributed by atoms with Crippen LogP contribution in [0.15, 0.2) is 41.8 Å². The molecule has 0 radical (unpaired) electrons. The fourth-order valence-electron chi connectivity index (χ4n) is 2.56. The van der Waals surface area contributed by atoms with Gasteiger partial charge >= 0.3 is 18.2 Å². The SMILES string of the molecule is Cn1nc(C(F)(F)F)cc1-c1csc(NC(=O)OCc2ccccc2)c1C(=O)O. The minimum atomic E-state index is -4.67. The number of ether oxygens (including phenoxy) is 1. The van der Waals surface area contributed by atoms with E-state index < -0.39 is 23.9 Å². The van der Waals surface area contributed by atoms with Gasteiger partial charge in [0.2, 0.25) is 0 Å². The van der Waals surface area contributed by atoms with Gasteiger partial charge in [0.15, 0.2) is 5.69 Å². The molecule has 0 spiro atoms. The van der Waals surface area contributed by atoms with Crippen molar-refractivity contribution < 1.29 is 32.6 Å². The molecular formula is C18H14F3N3O4S. The Labute approximate surface area is 166 Å². The molecule has 1 amide bonds. The Morgan fingerprint density at radius 1 is 1.28 bits per heavy atom. The first-order valence-corrected chi connectivity index (χ1v) is 8.99. The molecule has 3 rings (SSSR count). The highest BCUT2D eigenvalue weighted by Gasteiger charge is 2.35. The second-order valence-corrected chi connectivity index (χ2v) is 6.76. The lowest BCUT2D eigenvalue weighted by atomic mass is 10.1. The zero-order valence-corrected chi connectivity index (χ0v) is 15.7. The Morgan fingerprint density at radius 3 is 2.55 bits per heavy atom. The lowest BCUT2D eigenvalue weighted by Gasteiger charge is -2.07. The lowest BCUT2D eigenvalue weighted by Crippen LogP contribution is -2.15. The molecule has 0 bridgehead atoms. The first kappa shape index (κ1) is 20.4. The maximum atomic E-state index is 12.9. The van der Waals surface area contributed by atoms with Crippen molar-refractivity contribution in [3.63, 3.8) is 0 Å². The molecule has 1 aromatic carbocycles. The predicted molar refractivity (Wildman–Crippen MR) is 98.7 cm³/mol. The van der Waals surface area contributed by atoms with E-state index in [1.54, 1.807) is 30.3 Å². The predicted octanol–water partition coefficient (Wildman–Crippen LogP) is 4.61. The highest BCUT2D eigenvalue weighted by atomic mass is 32.1. The van der Waals surface area contributed by atoms with Gasteiger partial charge in [-0.25, -0.2) is 9.59 Å². The number of aromatic carboxylic acids is 1. The molecule has 0 aliphatic heterocycles. The average Bonchev–Trinajstić information content (AvgIpc) is 3.24. The molecule has 29 heavy (non-hydrogen) atoms. The zero-order chi connectivity index (χ0) is 21.2. The number of thiophene rings is 1. The number of hydrogen-bond acceptors (Lipinski definition) is 5. The smallest absolute Gasteiger partial charge is 0.435 e. The van der Waals surface area contributed by atoms with E-state index in [-0.39, 0.29) is 28.4 Å². The number of benzene rings is 1. The van der Waals surface area contributed by atoms with Gasteiger partial charge in [0.05, 0.1) is 5.69 Å². The summed E-state index contributed by atoms with van der Waals surface area (Å²) in [6.07, 6.45) is -5.55. The molecular weight excluding hydrogens is 411 g/mol. The number of aryl methyl sites for hydroxylation is 1. The Bertz CT molecular complexity index is 1040. The van der Waals surface area contributed by atoms with Gasteiger partial charge in [-0.2, -0.15) is 18.3 Å². The van der Waals surface area contributed by atoms with Gasteiger partial charge in [0.1, 0.15) is 17.2 Å². The number of aromatic nitrogens is 2. The second kappa shape index (κ2) is 7.95. The molecule has 0 aliphatic rings. The van der Waals surface area contributed by atoms with Crippen LogP contribution in [0, 0.1) is 0 Å². The van der Waals surface area contributed by atoms with Gasteiger partial charge in [-0.3, -0.25) is 10.00 Å². The standard InChI is InChI=1S/C18H14F3N3O4S/c1-24-12(7-13(23-24)18(19,20)21)11-9-29-15(14(11)16(25)26)22-17(27)28-8-10-5-3-2-4-6-10/h2-7,9H,8H2,1H3,(H,22,27)(H,25,26). The topological polar surface area (TPSA) is 93.5 Å². The second-order valence-electron chi connectivity index (χ2n) is 5.88. The number of amides is 1. The number of anilines is 1. The summed E-state index contributed by atoms with van der Waals surface area (Å²) < 4.78 is 44.7. The molecule has 2 aromatic heterocycles. The lowest BCUT2D eigenvalue weighted by molar-refractivity contribution is -0.141. The van der Waals surface area contributed by atoms with E-state index in [4.69, 9.17) is 4.74 Å². The molecule has 11 heteroatoms. The van der Waals surface area contributed by atoms with Crippen molar-refractivity contribution in [2.24, 2.45) is 7.05 Å². The van der Waals surface area contributed by atoms with Crippen molar-refractivity contribution in [1.82, 2.24) is 9.78 Å². The van der Waals surface area contributed by atoms with Crippen molar-refractivity contribution in [3.05, 3.63) is 58.6 Å². The van der Waals surface area contributed by atoms with Crippen LogP contribution in [0.25, 0.3) is 11.3 Å². The summed E-state index contributed by atoms with van der Waals surface area (Å²) in [4.78, 5) is 23.7. The molecule has 3 aromatic rings. The van der Waals surface area contributed by atoms with Gasteiger partial charge in [0.25, 0.3) is 0 Å². The van der Waals surface area contributed by atoms with E-state index in [9.17, 15) is 27.9 Å². The van der Waals surface area contributed by atoms with Crippen LogP contribution in [-0.2, 0) is 24.6 Å². The number of hydrogen-bond donors (Lipinski definition) is 2. The summed E-state index contributed by atoms with van der Waals surface area (Å²) in [5.41, 5.74) is -0.789. The number of alkyl halides is 3. The minimum Gasteiger partial charge on any atom is -0.478 e. The van der Waals surface area contributed by atoms with E-state index in [1.807, 2.05) is 0 Å². The van der Waals surface area contributed by atoms with E-state index in [0.29, 0.717) is 0 Å². The van der Waals surface area contributed by atoms with Crippen molar-refractivity contribution >= 4 is 28.4 Å². The first-order valence-electron chi connectivity index (χ1n) is 8.11. The molecule has 0 saturated carbocycles. The molecule has 0 atom stereocenters. The van der Waals surface area contributed by atoms with E-state index >= 15 is 0 Å². The van der Waals surface area contributed by atoms with Gasteiger partial charge in [-0.1, -0.05) is 30.3 Å². The number of carboxylic acid groups (broad SMARTS) is 1. The van der Waals surface area contributed by atoms with Crippen LogP contribution >= 0.6 is 11.3 Å². The third-order valence-electron chi connectivity index (χ3n) is 3.88. The zero-order valence-electron chi connectivity index (χ0n) is 14.9. The highest BCUT2D eigenvalue weighted by Crippen LogP contribution is 2.38. The molecule has 0 aliphatic carbocycles. The van der Waals surface area contributed by atoms with Gasteiger partial charge in [0, 0.05) is 18.0 Å². The van der Waals surface area contributed by atoms with Crippen molar-refractivity contribution in [1.29, 1.82) is 0 Å². The quantitative estimate of drug-likeness (QED) is 0.623. The summed E-state index contributed by atoms with van der Waals surface area (Å²) in [5, 5.41) is 16.5. The highest BCUT2D eigenvalue weighted by molar-refractivity contribution is 7.15. The van der Waals surface area contributed by atoms with Crippen LogP contribution in [0.4, 0.5) is 23.0 Å². The third-order valence-corrected chi connectivity index (χ3v) is 4.77. The Hall–Kier alpha value is -3.34. The largest absolute Gasteiger partial charge is 0.478 e. The van der Waals surface area contributed by atoms with Crippen molar-refractivity contribution in [3.8, 4) is 11.3 Å². The summed E-state index contributed by atoms with van der Waals surface area (Å²) in [5.74, 6) is -1.41. The van der Waals surface area contributed by atoms with E-state index in [2.05, 4.69) is 10.4 Å². The van der Waals surface area contributed by atoms with Crippen molar-refractivity contribution in [2.75, 3.05) is 5.32 Å². The maximum absolute atomic E-state index is 12.9. The normalized spacial score (nSPS) is 11.3. The number of nitrogens with one attached hydrogen (secondary N) is 1. The third kappa shape index (κ3) is 4.57. The number of nitrogens with zero attached hydrogens (tertiary/aromatic N) is 2. The van der Waals surface area contributed by atoms with Crippen LogP contribution in [0.5, 0.6) is 0 Å². The maximum Gasteiger partial charge on any atom is 0.435 e. The minimum absolute atomic E-state index is 0.00589. The van der Waals surface area contributed by atoms with Crippen molar-refractivity contribution in [2.45, 2.75) is 12.8 Å². The van der Waals surface area contributed by atoms with Crippen LogP contribution in [0.2, 0.25) is 0 Å². The summed E-state index contributed by atoms with van der Waals surface area (Å²) in [7, 11) is 1.27. The number of halogens is 3. The molecule has 7 nitrogen and oxygen atoms in total. The van der Waals surface area contributed by atoms with E-state index in [1.165, 1.54) is 12.4 Å². The van der Waals surface area contributed by atoms with Gasteiger partial charge in [-0.15, -0.1) is 11.3 Å². The summed E-state index contributed by atoms with van der Waals surface area (Å²) >= 11 is 0.860. The van der Waals surface area contributed by atoms with Crippen LogP contribution in [0.1, 0.15) is 21.6 Å². The fourth-order valence-corrected chi connectivity index (χ4v) is 3.49. The number of carbonyl (C=O) groups is 2. The molecule has 0 unspecified atom stereocenters. The van der Waals surface area contributed by atoms with E-state index in [0.717, 1.165) is 27.6 Å². The Kier molecular flexibility index (Phi) is 5.59. The van der Waals surface area contributed by atoms with Crippen LogP contribution in [-0.4, -0.2) is 26.9 Å². The Balaban J connectivity index is 1.83. The summed E-state index contributed by atoms with van der Waals surface area (Å²) in [6.45, 7) is -0.0238. The molecule has 152 valence electrons. The fraction of sp³-hybridized carbons (Fsp3) is 0.167. The van der Waals surface area contributed by atoms with Crippen LogP contribution in [0.3, 0.4) is 0 Å². The van der Waals surface area contributed by atoms with Crippen LogP contribution < -0.4 is 5.32 Å². The Morgan fingerprint density at radius 2 is 1.97 bits per heavy atom. The number of carboxylic acids is 1. The number of rotatable bonds is 5. The average molecular weight is 425 g/mol. The van der Waals surface area contributed by atoms with Gasteiger partial charge in [-0.05, 0) is 11.6 Å². The van der Waals surface area contributed by atoms with Gasteiger partial charge < -0.3 is 9.84 Å². The molecule has 2 N–H and O–H groups in total. The number of carbonyl (C=O) groups excluding carboxylic acids is 1. The summed E-state index contributed by atoms with van der Waals surface area (Å²) in [6, 6.07) is 9.60. The molecule has 0 fully saturated rings.